The van der Waals surface area contributed by atoms with E-state index in [1.165, 1.54) is 122 Å². The molecule has 0 aromatic carbocycles. The van der Waals surface area contributed by atoms with Crippen LogP contribution in [0.4, 0.5) is 0 Å². The molecular formula is C49H90NO8P. The van der Waals surface area contributed by atoms with E-state index in [-0.39, 0.29) is 32.0 Å². The highest BCUT2D eigenvalue weighted by Crippen LogP contribution is 2.43. The molecule has 0 aromatic rings. The van der Waals surface area contributed by atoms with Crippen LogP contribution in [-0.4, -0.2) is 68.3 Å². The van der Waals surface area contributed by atoms with Crippen molar-refractivity contribution in [3.8, 4) is 0 Å². The molecule has 9 nitrogen and oxygen atoms in total. The molecule has 1 N–H and O–H groups in total. The van der Waals surface area contributed by atoms with Gasteiger partial charge in [-0.05, 0) is 91.1 Å². The van der Waals surface area contributed by atoms with Gasteiger partial charge in [-0.1, -0.05) is 165 Å². The van der Waals surface area contributed by atoms with Crippen LogP contribution in [0.2, 0.25) is 0 Å². The van der Waals surface area contributed by atoms with Crippen LogP contribution in [0.5, 0.6) is 0 Å². The zero-order valence-electron chi connectivity index (χ0n) is 38.4. The van der Waals surface area contributed by atoms with Gasteiger partial charge in [0, 0.05) is 19.4 Å². The summed E-state index contributed by atoms with van der Waals surface area (Å²) < 4.78 is 33.5. The molecule has 0 bridgehead atoms. The fourth-order valence-corrected chi connectivity index (χ4v) is 7.14. The molecule has 0 aliphatic rings. The predicted molar refractivity (Wildman–Crippen MR) is 248 cm³/mol. The Kier molecular flexibility index (Phi) is 42.5. The first-order valence-corrected chi connectivity index (χ1v) is 25.4. The summed E-state index contributed by atoms with van der Waals surface area (Å²) in [5.41, 5.74) is 0. The SMILES string of the molecule is CCCCC/C=C\C/C=C\C/C=C\CCCCC(=O)OC(COC(=O)CCCCCCCCCCCCC/C=C\CCCCCCCC)COP(=O)(O)OCCN(C)C. The first-order valence-electron chi connectivity index (χ1n) is 23.9. The van der Waals surface area contributed by atoms with Crippen molar-refractivity contribution in [2.45, 2.75) is 213 Å². The van der Waals surface area contributed by atoms with Crippen molar-refractivity contribution >= 4 is 19.8 Å². The average molecular weight is 852 g/mol. The fraction of sp³-hybridized carbons (Fsp3) is 0.796. The van der Waals surface area contributed by atoms with Gasteiger partial charge in [-0.15, -0.1) is 0 Å². The number of phosphoric acid groups is 1. The number of phosphoric ester groups is 1. The summed E-state index contributed by atoms with van der Waals surface area (Å²) in [6.07, 6.45) is 50.2. The molecule has 2 unspecified atom stereocenters. The van der Waals surface area contributed by atoms with E-state index in [1.807, 2.05) is 19.0 Å². The van der Waals surface area contributed by atoms with E-state index in [4.69, 9.17) is 18.5 Å². The Hall–Kier alpha value is -2.03. The maximum atomic E-state index is 12.7. The van der Waals surface area contributed by atoms with Gasteiger partial charge in [0.2, 0.25) is 0 Å². The predicted octanol–water partition coefficient (Wildman–Crippen LogP) is 14.1. The summed E-state index contributed by atoms with van der Waals surface area (Å²) in [6.45, 7) is 4.26. The summed E-state index contributed by atoms with van der Waals surface area (Å²) in [5.74, 6) is -0.846. The first-order chi connectivity index (χ1) is 28.7. The van der Waals surface area contributed by atoms with Crippen LogP contribution in [0.1, 0.15) is 206 Å². The Morgan fingerprint density at radius 1 is 0.525 bits per heavy atom. The van der Waals surface area contributed by atoms with Gasteiger partial charge in [0.1, 0.15) is 6.61 Å². The van der Waals surface area contributed by atoms with E-state index in [2.05, 4.69) is 62.5 Å². The van der Waals surface area contributed by atoms with Gasteiger partial charge in [0.05, 0.1) is 13.2 Å². The summed E-state index contributed by atoms with van der Waals surface area (Å²) >= 11 is 0. The normalized spacial score (nSPS) is 13.7. The third-order valence-electron chi connectivity index (χ3n) is 10.1. The number of hydrogen-bond donors (Lipinski definition) is 1. The average Bonchev–Trinajstić information content (AvgIpc) is 3.20. The highest BCUT2D eigenvalue weighted by molar-refractivity contribution is 7.47. The van der Waals surface area contributed by atoms with Crippen LogP contribution in [-0.2, 0) is 32.7 Å². The molecule has 10 heteroatoms. The highest BCUT2D eigenvalue weighted by atomic mass is 31.2. The monoisotopic (exact) mass is 852 g/mol. The molecule has 0 radical (unpaired) electrons. The van der Waals surface area contributed by atoms with Gasteiger partial charge in [-0.2, -0.15) is 0 Å². The minimum Gasteiger partial charge on any atom is -0.462 e. The Morgan fingerprint density at radius 2 is 0.915 bits per heavy atom. The second-order valence-electron chi connectivity index (χ2n) is 16.3. The minimum atomic E-state index is -4.37. The number of nitrogens with zero attached hydrogens (tertiary/aromatic N) is 1. The first kappa shape index (κ1) is 57.0. The number of carbonyl (C=O) groups excluding carboxylic acids is 2. The minimum absolute atomic E-state index is 0.000824. The maximum absolute atomic E-state index is 12.7. The number of carbonyl (C=O) groups is 2. The molecule has 0 saturated carbocycles. The largest absolute Gasteiger partial charge is 0.472 e. The second-order valence-corrected chi connectivity index (χ2v) is 17.7. The Labute approximate surface area is 362 Å². The van der Waals surface area contributed by atoms with Crippen molar-refractivity contribution in [1.82, 2.24) is 4.90 Å². The number of rotatable bonds is 44. The molecule has 2 atom stereocenters. The number of allylic oxidation sites excluding steroid dienone is 8. The highest BCUT2D eigenvalue weighted by Gasteiger charge is 2.26. The standard InChI is InChI=1S/C49H90NO8P/c1-5-7-9-11-13-15-17-19-21-22-23-24-25-26-28-29-31-33-35-37-39-41-48(51)55-45-47(46-57-59(53,54)56-44-43-50(3)4)58-49(52)42-40-38-36-34-32-30-27-20-18-16-14-12-10-8-6-2/h14,16,19-21,27,32,34,47H,5-13,15,17-18,22-26,28-31,33,35-46H2,1-4H3,(H,53,54)/b16-14-,21-19-,27-20-,34-32-. The van der Waals surface area contributed by atoms with E-state index in [1.54, 1.807) is 0 Å². The van der Waals surface area contributed by atoms with Gasteiger partial charge >= 0.3 is 19.8 Å². The van der Waals surface area contributed by atoms with Crippen LogP contribution >= 0.6 is 7.82 Å². The van der Waals surface area contributed by atoms with Gasteiger partial charge in [-0.3, -0.25) is 18.6 Å². The van der Waals surface area contributed by atoms with Crippen molar-refractivity contribution in [2.75, 3.05) is 40.5 Å². The zero-order valence-corrected chi connectivity index (χ0v) is 39.3. The van der Waals surface area contributed by atoms with Gasteiger partial charge in [0.15, 0.2) is 6.10 Å². The van der Waals surface area contributed by atoms with E-state index in [0.29, 0.717) is 13.0 Å². The lowest BCUT2D eigenvalue weighted by atomic mass is 10.0. The van der Waals surface area contributed by atoms with E-state index in [9.17, 15) is 19.0 Å². The van der Waals surface area contributed by atoms with Gasteiger partial charge in [-0.25, -0.2) is 4.57 Å². The summed E-state index contributed by atoms with van der Waals surface area (Å²) in [7, 11) is -0.733. The Morgan fingerprint density at radius 3 is 1.44 bits per heavy atom. The maximum Gasteiger partial charge on any atom is 0.472 e. The number of esters is 2. The summed E-state index contributed by atoms with van der Waals surface area (Å²) in [6, 6.07) is 0. The van der Waals surface area contributed by atoms with Crippen molar-refractivity contribution in [2.24, 2.45) is 0 Å². The molecule has 0 aliphatic carbocycles. The zero-order chi connectivity index (χ0) is 43.3. The molecular weight excluding hydrogens is 762 g/mol. The molecule has 0 aliphatic heterocycles. The number of unbranched alkanes of at least 4 members (excludes halogenated alkanes) is 22. The summed E-state index contributed by atoms with van der Waals surface area (Å²) in [5, 5.41) is 0. The number of likely N-dealkylation sites (N-methyl/N-ethyl adjacent to an activating group) is 1. The lowest BCUT2D eigenvalue weighted by molar-refractivity contribution is -0.161. The van der Waals surface area contributed by atoms with E-state index >= 15 is 0 Å². The third-order valence-corrected chi connectivity index (χ3v) is 11.1. The third kappa shape index (κ3) is 45.3. The molecule has 0 aromatic heterocycles. The topological polar surface area (TPSA) is 112 Å². The molecule has 0 heterocycles. The van der Waals surface area contributed by atoms with Crippen LogP contribution < -0.4 is 0 Å². The molecule has 0 amide bonds. The van der Waals surface area contributed by atoms with Crippen LogP contribution in [0.3, 0.4) is 0 Å². The summed E-state index contributed by atoms with van der Waals surface area (Å²) in [4.78, 5) is 37.1. The lowest BCUT2D eigenvalue weighted by Crippen LogP contribution is -2.29. The quantitative estimate of drug-likeness (QED) is 0.0277. The van der Waals surface area contributed by atoms with Crippen molar-refractivity contribution < 1.29 is 37.6 Å². The Balaban J connectivity index is 4.24. The van der Waals surface area contributed by atoms with Crippen molar-refractivity contribution in [3.63, 3.8) is 0 Å². The molecule has 59 heavy (non-hydrogen) atoms. The molecule has 0 spiro atoms. The molecule has 344 valence electrons. The smallest absolute Gasteiger partial charge is 0.462 e. The van der Waals surface area contributed by atoms with Gasteiger partial charge < -0.3 is 19.3 Å². The van der Waals surface area contributed by atoms with E-state index in [0.717, 1.165) is 51.4 Å². The second kappa shape index (κ2) is 44.0. The fourth-order valence-electron chi connectivity index (χ4n) is 6.39. The van der Waals surface area contributed by atoms with Crippen LogP contribution in [0.25, 0.3) is 0 Å². The van der Waals surface area contributed by atoms with Crippen LogP contribution in [0.15, 0.2) is 48.6 Å². The van der Waals surface area contributed by atoms with Crippen molar-refractivity contribution in [1.29, 1.82) is 0 Å². The van der Waals surface area contributed by atoms with E-state index < -0.39 is 26.5 Å². The number of hydrogen-bond acceptors (Lipinski definition) is 8. The van der Waals surface area contributed by atoms with Crippen molar-refractivity contribution in [3.05, 3.63) is 48.6 Å². The van der Waals surface area contributed by atoms with Crippen LogP contribution in [0, 0.1) is 0 Å². The Bertz CT molecular complexity index is 1120. The lowest BCUT2D eigenvalue weighted by Gasteiger charge is -2.20. The molecule has 0 saturated heterocycles. The van der Waals surface area contributed by atoms with Gasteiger partial charge in [0.25, 0.3) is 0 Å². The molecule has 0 fully saturated rings. The number of ether oxygens (including phenoxy) is 2. The molecule has 0 rings (SSSR count).